The Morgan fingerprint density at radius 2 is 2.00 bits per heavy atom. The number of aromatic nitrogens is 1. The highest BCUT2D eigenvalue weighted by molar-refractivity contribution is 7.83. The zero-order valence-corrected chi connectivity index (χ0v) is 16.4. The Morgan fingerprint density at radius 3 is 2.74 bits per heavy atom. The van der Waals surface area contributed by atoms with Crippen LogP contribution in [0.5, 0.6) is 0 Å². The maximum atomic E-state index is 12.2. The zero-order valence-electron chi connectivity index (χ0n) is 14.8. The summed E-state index contributed by atoms with van der Waals surface area (Å²) in [6.07, 6.45) is 1.60. The molecule has 1 atom stereocenters. The predicted molar refractivity (Wildman–Crippen MR) is 104 cm³/mol. The zero-order chi connectivity index (χ0) is 19.2. The lowest BCUT2D eigenvalue weighted by molar-refractivity contribution is 0.0844. The Morgan fingerprint density at radius 1 is 1.26 bits per heavy atom. The van der Waals surface area contributed by atoms with E-state index in [9.17, 15) is 13.8 Å². The average molecular weight is 409 g/mol. The predicted octanol–water partition coefficient (Wildman–Crippen LogP) is 0.933. The number of hydrogen-bond acceptors (Lipinski definition) is 7. The summed E-state index contributed by atoms with van der Waals surface area (Å²) in [7, 11) is -0.994. The summed E-state index contributed by atoms with van der Waals surface area (Å²) in [5.41, 5.74) is 6.18. The van der Waals surface area contributed by atoms with Crippen LogP contribution in [0.15, 0.2) is 29.6 Å². The smallest absolute Gasteiger partial charge is 0.289 e. The molecule has 0 radical (unpaired) electrons. The van der Waals surface area contributed by atoms with E-state index in [0.717, 1.165) is 23.8 Å². The molecule has 2 heterocycles. The largest absolute Gasteiger partial charge is 0.378 e. The van der Waals surface area contributed by atoms with Crippen LogP contribution in [-0.4, -0.2) is 53.6 Å². The standard InChI is InChI=1S/C17H20N4O4S2/c1-27(24)11-12-3-2-4-13(9-12)15(22)19-20-16(23)14-10-26-17(18-14)21-5-7-25-8-6-21/h2-4,9-10H,5-8,11H2,1H3,(H,19,22)(H,20,23). The molecule has 1 aliphatic rings. The van der Waals surface area contributed by atoms with E-state index >= 15 is 0 Å². The van der Waals surface area contributed by atoms with Crippen LogP contribution in [0.4, 0.5) is 5.13 Å². The number of ether oxygens (including phenoxy) is 1. The number of hydrogen-bond donors (Lipinski definition) is 2. The highest BCUT2D eigenvalue weighted by atomic mass is 32.2. The van der Waals surface area contributed by atoms with Crippen molar-refractivity contribution in [2.45, 2.75) is 5.75 Å². The number of thiazole rings is 1. The number of morpholine rings is 1. The molecule has 8 nitrogen and oxygen atoms in total. The lowest BCUT2D eigenvalue weighted by Crippen LogP contribution is -2.42. The normalized spacial score (nSPS) is 15.2. The van der Waals surface area contributed by atoms with E-state index in [2.05, 4.69) is 20.7 Å². The van der Waals surface area contributed by atoms with E-state index in [1.54, 1.807) is 35.9 Å². The van der Waals surface area contributed by atoms with E-state index in [1.807, 2.05) is 0 Å². The van der Waals surface area contributed by atoms with Crippen molar-refractivity contribution in [3.63, 3.8) is 0 Å². The van der Waals surface area contributed by atoms with Crippen molar-refractivity contribution in [3.05, 3.63) is 46.5 Å². The van der Waals surface area contributed by atoms with Gasteiger partial charge in [0.15, 0.2) is 5.13 Å². The highest BCUT2D eigenvalue weighted by Gasteiger charge is 2.18. The van der Waals surface area contributed by atoms with Gasteiger partial charge in [0, 0.05) is 46.8 Å². The molecular weight excluding hydrogens is 388 g/mol. The van der Waals surface area contributed by atoms with Crippen LogP contribution in [0.2, 0.25) is 0 Å². The van der Waals surface area contributed by atoms with Crippen molar-refractivity contribution in [1.82, 2.24) is 15.8 Å². The van der Waals surface area contributed by atoms with Gasteiger partial charge in [-0.2, -0.15) is 0 Å². The maximum absolute atomic E-state index is 12.2. The van der Waals surface area contributed by atoms with Crippen LogP contribution in [0, 0.1) is 0 Å². The van der Waals surface area contributed by atoms with Crippen LogP contribution >= 0.6 is 11.3 Å². The molecule has 2 aromatic rings. The SMILES string of the molecule is CS(=O)Cc1cccc(C(=O)NNC(=O)c2csc(N3CCOCC3)n2)c1. The second kappa shape index (κ2) is 9.07. The van der Waals surface area contributed by atoms with Gasteiger partial charge in [-0.25, -0.2) is 4.98 Å². The van der Waals surface area contributed by atoms with E-state index < -0.39 is 22.6 Å². The lowest BCUT2D eigenvalue weighted by Gasteiger charge is -2.25. The quantitative estimate of drug-likeness (QED) is 0.714. The molecule has 10 heteroatoms. The minimum atomic E-state index is -0.994. The van der Waals surface area contributed by atoms with Gasteiger partial charge in [-0.15, -0.1) is 11.3 Å². The third kappa shape index (κ3) is 5.34. The minimum Gasteiger partial charge on any atom is -0.378 e. The van der Waals surface area contributed by atoms with Gasteiger partial charge in [0.05, 0.1) is 13.2 Å². The third-order valence-corrected chi connectivity index (χ3v) is 5.50. The molecular formula is C17H20N4O4S2. The van der Waals surface area contributed by atoms with Crippen molar-refractivity contribution >= 4 is 39.1 Å². The first-order chi connectivity index (χ1) is 13.0. The van der Waals surface area contributed by atoms with Crippen molar-refractivity contribution in [3.8, 4) is 0 Å². The molecule has 1 aromatic carbocycles. The van der Waals surface area contributed by atoms with Gasteiger partial charge in [-0.05, 0) is 17.7 Å². The summed E-state index contributed by atoms with van der Waals surface area (Å²) >= 11 is 1.38. The molecule has 1 aliphatic heterocycles. The number of rotatable bonds is 5. The fraction of sp³-hybridized carbons (Fsp3) is 0.353. The van der Waals surface area contributed by atoms with Gasteiger partial charge in [-0.3, -0.25) is 24.6 Å². The van der Waals surface area contributed by atoms with Gasteiger partial charge in [0.25, 0.3) is 11.8 Å². The van der Waals surface area contributed by atoms with Gasteiger partial charge < -0.3 is 9.64 Å². The summed E-state index contributed by atoms with van der Waals surface area (Å²) < 4.78 is 16.6. The average Bonchev–Trinajstić information content (AvgIpc) is 3.16. The second-order valence-electron chi connectivity index (χ2n) is 5.94. The summed E-state index contributed by atoms with van der Waals surface area (Å²) in [4.78, 5) is 30.8. The number of nitrogens with zero attached hydrogens (tertiary/aromatic N) is 2. The van der Waals surface area contributed by atoms with Gasteiger partial charge in [0.2, 0.25) is 0 Å². The van der Waals surface area contributed by atoms with Crippen molar-refractivity contribution in [2.24, 2.45) is 0 Å². The minimum absolute atomic E-state index is 0.247. The fourth-order valence-electron chi connectivity index (χ4n) is 2.56. The summed E-state index contributed by atoms with van der Waals surface area (Å²) in [5.74, 6) is -0.558. The van der Waals surface area contributed by atoms with Crippen LogP contribution < -0.4 is 15.8 Å². The molecule has 144 valence electrons. The molecule has 1 saturated heterocycles. The van der Waals surface area contributed by atoms with E-state index in [0.29, 0.717) is 24.5 Å². The Labute approximate surface area is 163 Å². The maximum Gasteiger partial charge on any atom is 0.289 e. The number of carbonyl (C=O) groups is 2. The molecule has 1 unspecified atom stereocenters. The van der Waals surface area contributed by atoms with Gasteiger partial charge >= 0.3 is 0 Å². The third-order valence-electron chi connectivity index (χ3n) is 3.85. The Hall–Kier alpha value is -2.30. The highest BCUT2D eigenvalue weighted by Crippen LogP contribution is 2.21. The Balaban J connectivity index is 1.56. The first-order valence-electron chi connectivity index (χ1n) is 8.31. The molecule has 3 rings (SSSR count). The van der Waals surface area contributed by atoms with E-state index in [4.69, 9.17) is 4.74 Å². The summed E-state index contributed by atoms with van der Waals surface area (Å²) in [6.45, 7) is 2.76. The van der Waals surface area contributed by atoms with Crippen molar-refractivity contribution < 1.29 is 18.5 Å². The van der Waals surface area contributed by atoms with Crippen molar-refractivity contribution in [1.29, 1.82) is 0 Å². The summed E-state index contributed by atoms with van der Waals surface area (Å²) in [6, 6.07) is 6.80. The van der Waals surface area contributed by atoms with Crippen LogP contribution in [-0.2, 0) is 21.3 Å². The number of carbonyl (C=O) groups excluding carboxylic acids is 2. The summed E-state index contributed by atoms with van der Waals surface area (Å²) in [5, 5.41) is 2.42. The number of benzene rings is 1. The second-order valence-corrected chi connectivity index (χ2v) is 8.21. The molecule has 2 amide bonds. The monoisotopic (exact) mass is 408 g/mol. The van der Waals surface area contributed by atoms with Crippen LogP contribution in [0.3, 0.4) is 0 Å². The molecule has 0 saturated carbocycles. The topological polar surface area (TPSA) is 101 Å². The molecule has 27 heavy (non-hydrogen) atoms. The fourth-order valence-corrected chi connectivity index (χ4v) is 4.06. The molecule has 0 spiro atoms. The molecule has 0 bridgehead atoms. The number of nitrogens with one attached hydrogen (secondary N) is 2. The first-order valence-corrected chi connectivity index (χ1v) is 10.9. The van der Waals surface area contributed by atoms with Crippen LogP contribution in [0.25, 0.3) is 0 Å². The van der Waals surface area contributed by atoms with Gasteiger partial charge in [0.1, 0.15) is 5.69 Å². The number of anilines is 1. The number of hydrazine groups is 1. The van der Waals surface area contributed by atoms with E-state index in [-0.39, 0.29) is 5.69 Å². The van der Waals surface area contributed by atoms with E-state index in [1.165, 1.54) is 11.3 Å². The molecule has 2 N–H and O–H groups in total. The van der Waals surface area contributed by atoms with Crippen LogP contribution in [0.1, 0.15) is 26.4 Å². The molecule has 1 fully saturated rings. The Bertz CT molecular complexity index is 849. The van der Waals surface area contributed by atoms with Gasteiger partial charge in [-0.1, -0.05) is 12.1 Å². The first kappa shape index (κ1) is 19.5. The lowest BCUT2D eigenvalue weighted by atomic mass is 10.1. The van der Waals surface area contributed by atoms with Crippen molar-refractivity contribution in [2.75, 3.05) is 37.5 Å². The molecule has 1 aromatic heterocycles. The molecule has 0 aliphatic carbocycles. The number of amides is 2. The Kier molecular flexibility index (Phi) is 6.54.